The molecular weight excluding hydrogens is 334 g/mol. The summed E-state index contributed by atoms with van der Waals surface area (Å²) >= 11 is 0. The number of benzene rings is 2. The van der Waals surface area contributed by atoms with E-state index in [-0.39, 0.29) is 34.4 Å². The van der Waals surface area contributed by atoms with E-state index in [1.54, 1.807) is 0 Å². The second-order valence-electron chi connectivity index (χ2n) is 6.76. The normalized spacial score (nSPS) is 10.8. The Bertz CT molecular complexity index is 739. The van der Waals surface area contributed by atoms with Gasteiger partial charge in [-0.15, -0.1) is 0 Å². The fraction of sp³-hybridized carbons (Fsp3) is 0.409. The fourth-order valence-electron chi connectivity index (χ4n) is 3.13. The molecule has 1 atom stereocenters. The molecule has 0 N–H and O–H groups in total. The van der Waals surface area contributed by atoms with E-state index in [0.29, 0.717) is 0 Å². The van der Waals surface area contributed by atoms with Crippen LogP contribution in [0.5, 0.6) is 5.75 Å². The third-order valence-corrected chi connectivity index (χ3v) is 5.67. The van der Waals surface area contributed by atoms with Crippen molar-refractivity contribution in [2.45, 2.75) is 53.9 Å². The van der Waals surface area contributed by atoms with Crippen molar-refractivity contribution < 1.29 is 29.8 Å². The SMILES string of the molecule is CCCCCOc1ccc(PC(=O)c2c(C)cc(C)cc2C)c(C)c1.[H-].[Li+]. The van der Waals surface area contributed by atoms with Gasteiger partial charge >= 0.3 is 18.9 Å². The first-order chi connectivity index (χ1) is 11.9. The number of rotatable bonds is 8. The van der Waals surface area contributed by atoms with Crippen LogP contribution in [0.2, 0.25) is 0 Å². The first-order valence-corrected chi connectivity index (χ1v) is 10.0. The topological polar surface area (TPSA) is 26.3 Å². The smallest absolute Gasteiger partial charge is 1.00 e. The molecule has 1 unspecified atom stereocenters. The molecule has 0 radical (unpaired) electrons. The molecule has 0 aliphatic carbocycles. The van der Waals surface area contributed by atoms with Crippen LogP contribution in [-0.4, -0.2) is 12.1 Å². The van der Waals surface area contributed by atoms with Crippen LogP contribution in [0.15, 0.2) is 30.3 Å². The Morgan fingerprint density at radius 1 is 1.00 bits per heavy atom. The molecule has 0 spiro atoms. The van der Waals surface area contributed by atoms with E-state index >= 15 is 0 Å². The van der Waals surface area contributed by atoms with E-state index in [1.807, 2.05) is 26.0 Å². The molecule has 136 valence electrons. The summed E-state index contributed by atoms with van der Waals surface area (Å²) in [6.07, 6.45) is 3.48. The van der Waals surface area contributed by atoms with Gasteiger partial charge in [-0.3, -0.25) is 4.79 Å². The van der Waals surface area contributed by atoms with Crippen LogP contribution in [0.25, 0.3) is 0 Å². The Labute approximate surface area is 173 Å². The van der Waals surface area contributed by atoms with Crippen LogP contribution in [0.1, 0.15) is 60.2 Å². The van der Waals surface area contributed by atoms with Gasteiger partial charge < -0.3 is 6.16 Å². The molecule has 0 bridgehead atoms. The van der Waals surface area contributed by atoms with Gasteiger partial charge in [0.1, 0.15) is 5.75 Å². The van der Waals surface area contributed by atoms with E-state index in [4.69, 9.17) is 4.74 Å². The number of ether oxygens (including phenoxy) is 1. The van der Waals surface area contributed by atoms with Crippen molar-refractivity contribution in [2.24, 2.45) is 0 Å². The van der Waals surface area contributed by atoms with Crippen LogP contribution >= 0.6 is 8.58 Å². The third-order valence-electron chi connectivity index (χ3n) is 4.37. The number of hydrogen-bond donors (Lipinski definition) is 0. The first-order valence-electron chi connectivity index (χ1n) is 9.05. The van der Waals surface area contributed by atoms with Gasteiger partial charge in [0.25, 0.3) is 0 Å². The molecule has 4 heteroatoms. The van der Waals surface area contributed by atoms with Crippen molar-refractivity contribution in [3.8, 4) is 5.75 Å². The molecule has 2 rings (SSSR count). The van der Waals surface area contributed by atoms with Gasteiger partial charge in [0.2, 0.25) is 0 Å². The Balaban J connectivity index is 0.00000338. The third kappa shape index (κ3) is 6.28. The van der Waals surface area contributed by atoms with Crippen LogP contribution < -0.4 is 28.9 Å². The summed E-state index contributed by atoms with van der Waals surface area (Å²) in [5.41, 5.74) is 5.57. The molecule has 2 aromatic rings. The molecule has 0 amide bonds. The molecule has 2 nitrogen and oxygen atoms in total. The number of aryl methyl sites for hydroxylation is 4. The minimum Gasteiger partial charge on any atom is -1.00 e. The van der Waals surface area contributed by atoms with E-state index in [2.05, 4.69) is 39.0 Å². The molecular formula is C22H30LiO2P. The predicted octanol–water partition coefficient (Wildman–Crippen LogP) is 2.75. The molecule has 26 heavy (non-hydrogen) atoms. The van der Waals surface area contributed by atoms with Crippen molar-refractivity contribution in [2.75, 3.05) is 6.61 Å². The molecule has 0 aromatic heterocycles. The van der Waals surface area contributed by atoms with Crippen LogP contribution in [0.4, 0.5) is 0 Å². The maximum Gasteiger partial charge on any atom is 1.00 e. The van der Waals surface area contributed by atoms with Gasteiger partial charge in [0.05, 0.1) is 6.61 Å². The van der Waals surface area contributed by atoms with Crippen molar-refractivity contribution >= 4 is 19.4 Å². The van der Waals surface area contributed by atoms with Gasteiger partial charge in [-0.25, -0.2) is 0 Å². The Morgan fingerprint density at radius 2 is 1.65 bits per heavy atom. The molecule has 0 fully saturated rings. The summed E-state index contributed by atoms with van der Waals surface area (Å²) in [7, 11) is 0.148. The molecule has 0 saturated carbocycles. The first kappa shape index (κ1) is 23.0. The second kappa shape index (κ2) is 10.9. The van der Waals surface area contributed by atoms with Gasteiger partial charge in [-0.2, -0.15) is 0 Å². The van der Waals surface area contributed by atoms with Crippen molar-refractivity contribution in [3.63, 3.8) is 0 Å². The van der Waals surface area contributed by atoms with E-state index in [1.165, 1.54) is 18.4 Å². The quantitative estimate of drug-likeness (QED) is 0.409. The molecule has 0 aliphatic rings. The Kier molecular flexibility index (Phi) is 9.66. The molecule has 2 aromatic carbocycles. The number of hydrogen-bond acceptors (Lipinski definition) is 2. The second-order valence-corrected chi connectivity index (χ2v) is 8.00. The van der Waals surface area contributed by atoms with Crippen LogP contribution in [0.3, 0.4) is 0 Å². The zero-order valence-electron chi connectivity index (χ0n) is 18.0. The number of unbranched alkanes of at least 4 members (excludes halogenated alkanes) is 2. The fourth-order valence-corrected chi connectivity index (χ4v) is 4.33. The average molecular weight is 364 g/mol. The van der Waals surface area contributed by atoms with Crippen molar-refractivity contribution in [1.82, 2.24) is 0 Å². The molecule has 0 saturated heterocycles. The van der Waals surface area contributed by atoms with E-state index in [9.17, 15) is 4.79 Å². The predicted molar refractivity (Wildman–Crippen MR) is 110 cm³/mol. The molecule has 0 heterocycles. The maximum absolute atomic E-state index is 12.8. The summed E-state index contributed by atoms with van der Waals surface area (Å²) < 4.78 is 5.80. The summed E-state index contributed by atoms with van der Waals surface area (Å²) in [4.78, 5) is 12.8. The van der Waals surface area contributed by atoms with Crippen LogP contribution in [-0.2, 0) is 0 Å². The van der Waals surface area contributed by atoms with Gasteiger partial charge in [-0.1, -0.05) is 43.5 Å². The minimum absolute atomic E-state index is 0. The summed E-state index contributed by atoms with van der Waals surface area (Å²) in [6.45, 7) is 11.1. The summed E-state index contributed by atoms with van der Waals surface area (Å²) in [5, 5.41) is 1.10. The zero-order chi connectivity index (χ0) is 18.4. The number of carbonyl (C=O) groups excluding carboxylic acids is 1. The Morgan fingerprint density at radius 3 is 2.23 bits per heavy atom. The monoisotopic (exact) mass is 364 g/mol. The van der Waals surface area contributed by atoms with Gasteiger partial charge in [-0.05, 0) is 76.8 Å². The van der Waals surface area contributed by atoms with Crippen molar-refractivity contribution in [3.05, 3.63) is 58.1 Å². The van der Waals surface area contributed by atoms with Crippen LogP contribution in [0, 0.1) is 27.7 Å². The average Bonchev–Trinajstić information content (AvgIpc) is 2.53. The van der Waals surface area contributed by atoms with Crippen molar-refractivity contribution in [1.29, 1.82) is 0 Å². The largest absolute Gasteiger partial charge is 1.00 e. The summed E-state index contributed by atoms with van der Waals surface area (Å²) in [6, 6.07) is 10.3. The minimum atomic E-state index is 0. The van der Waals surface area contributed by atoms with E-state index < -0.39 is 0 Å². The maximum atomic E-state index is 12.8. The van der Waals surface area contributed by atoms with E-state index in [0.717, 1.165) is 46.3 Å². The zero-order valence-corrected chi connectivity index (χ0v) is 18.0. The standard InChI is InChI=1S/C22H29O2P.Li.H/c1-6-7-8-11-24-19-9-10-20(16(3)14-19)25-22(23)21-17(4)12-15(2)13-18(21)5;;/h9-10,12-14,25H,6-8,11H2,1-5H3;;/q;+1;-1. The Hall–Kier alpha value is -1.06. The van der Waals surface area contributed by atoms with Gasteiger partial charge in [0.15, 0.2) is 5.52 Å². The summed E-state index contributed by atoms with van der Waals surface area (Å²) in [5.74, 6) is 0.900. The molecule has 0 aliphatic heterocycles. The van der Waals surface area contributed by atoms with Gasteiger partial charge in [0, 0.05) is 5.56 Å². The number of carbonyl (C=O) groups is 1.